The minimum Gasteiger partial charge on any atom is -0.480 e. The van der Waals surface area contributed by atoms with Crippen molar-refractivity contribution in [3.63, 3.8) is 0 Å². The number of hydrogen-bond acceptors (Lipinski definition) is 5. The zero-order valence-electron chi connectivity index (χ0n) is 11.1. The maximum Gasteiger partial charge on any atom is 0.321 e. The summed E-state index contributed by atoms with van der Waals surface area (Å²) in [6.07, 6.45) is 0. The topological polar surface area (TPSA) is 83.7 Å². The first kappa shape index (κ1) is 14.8. The summed E-state index contributed by atoms with van der Waals surface area (Å²) in [5.41, 5.74) is 1.51. The highest BCUT2D eigenvalue weighted by atomic mass is 32.2. The average molecular weight is 296 g/mol. The molecule has 1 unspecified atom stereocenters. The second kappa shape index (κ2) is 6.23. The Morgan fingerprint density at radius 2 is 2.35 bits per heavy atom. The smallest absolute Gasteiger partial charge is 0.321 e. The minimum atomic E-state index is -0.833. The van der Waals surface area contributed by atoms with Crippen molar-refractivity contribution in [2.45, 2.75) is 19.5 Å². The maximum absolute atomic E-state index is 11.3. The van der Waals surface area contributed by atoms with Gasteiger partial charge in [-0.2, -0.15) is 11.8 Å². The van der Waals surface area contributed by atoms with E-state index in [9.17, 15) is 20.0 Å². The van der Waals surface area contributed by atoms with Crippen molar-refractivity contribution >= 4 is 23.4 Å². The third-order valence-electron chi connectivity index (χ3n) is 3.51. The first-order chi connectivity index (χ1) is 9.50. The molecule has 0 aliphatic carbocycles. The first-order valence-corrected chi connectivity index (χ1v) is 7.43. The van der Waals surface area contributed by atoms with E-state index in [-0.39, 0.29) is 5.69 Å². The zero-order chi connectivity index (χ0) is 14.7. The van der Waals surface area contributed by atoms with E-state index < -0.39 is 16.9 Å². The molecular weight excluding hydrogens is 280 g/mol. The summed E-state index contributed by atoms with van der Waals surface area (Å²) in [5, 5.41) is 20.2. The van der Waals surface area contributed by atoms with E-state index >= 15 is 0 Å². The fraction of sp³-hybridized carbons (Fsp3) is 0.462. The summed E-state index contributed by atoms with van der Waals surface area (Å²) in [5.74, 6) is 0.612. The van der Waals surface area contributed by atoms with E-state index in [1.54, 1.807) is 24.8 Å². The number of carboxylic acid groups (broad SMARTS) is 1. The number of carbonyl (C=O) groups is 1. The summed E-state index contributed by atoms with van der Waals surface area (Å²) in [6, 6.07) is 4.42. The molecule has 1 aliphatic heterocycles. The number of rotatable bonds is 4. The van der Waals surface area contributed by atoms with Crippen molar-refractivity contribution in [2.24, 2.45) is 0 Å². The number of nitro groups is 1. The molecule has 1 aromatic rings. The van der Waals surface area contributed by atoms with Gasteiger partial charge in [-0.25, -0.2) is 0 Å². The van der Waals surface area contributed by atoms with Crippen LogP contribution in [0.4, 0.5) is 5.69 Å². The Kier molecular flexibility index (Phi) is 4.61. The lowest BCUT2D eigenvalue weighted by Gasteiger charge is -2.32. The highest BCUT2D eigenvalue weighted by Gasteiger charge is 2.29. The molecule has 1 aromatic carbocycles. The largest absolute Gasteiger partial charge is 0.480 e. The van der Waals surface area contributed by atoms with E-state index in [1.165, 1.54) is 6.07 Å². The molecule has 0 spiro atoms. The van der Waals surface area contributed by atoms with E-state index in [2.05, 4.69) is 0 Å². The normalized spacial score (nSPS) is 19.8. The second-order valence-electron chi connectivity index (χ2n) is 4.72. The molecule has 20 heavy (non-hydrogen) atoms. The van der Waals surface area contributed by atoms with Gasteiger partial charge in [-0.1, -0.05) is 12.1 Å². The number of carboxylic acids is 1. The lowest BCUT2D eigenvalue weighted by Crippen LogP contribution is -2.46. The fourth-order valence-corrected chi connectivity index (χ4v) is 3.42. The zero-order valence-corrected chi connectivity index (χ0v) is 11.9. The number of benzene rings is 1. The SMILES string of the molecule is Cc1c(CN2CCSCC2C(=O)O)cccc1[N+](=O)[O-]. The van der Waals surface area contributed by atoms with Crippen LogP contribution in [-0.4, -0.2) is 45.0 Å². The number of nitrogens with zero attached hydrogens (tertiary/aromatic N) is 2. The highest BCUT2D eigenvalue weighted by molar-refractivity contribution is 7.99. The van der Waals surface area contributed by atoms with Crippen LogP contribution in [-0.2, 0) is 11.3 Å². The summed E-state index contributed by atoms with van der Waals surface area (Å²) in [6.45, 7) is 2.83. The molecule has 1 aliphatic rings. The monoisotopic (exact) mass is 296 g/mol. The van der Waals surface area contributed by atoms with Gasteiger partial charge in [0.15, 0.2) is 0 Å². The standard InChI is InChI=1S/C13H16N2O4S/c1-9-10(3-2-4-11(9)15(18)19)7-14-5-6-20-8-12(14)13(16)17/h2-4,12H,5-8H2,1H3,(H,16,17). The van der Waals surface area contributed by atoms with Crippen LogP contribution in [0.2, 0.25) is 0 Å². The molecular formula is C13H16N2O4S. The van der Waals surface area contributed by atoms with Crippen molar-refractivity contribution in [3.05, 3.63) is 39.4 Å². The molecule has 1 fully saturated rings. The van der Waals surface area contributed by atoms with Crippen LogP contribution in [0.5, 0.6) is 0 Å². The Morgan fingerprint density at radius 1 is 1.60 bits per heavy atom. The summed E-state index contributed by atoms with van der Waals surface area (Å²) < 4.78 is 0. The predicted molar refractivity (Wildman–Crippen MR) is 77.0 cm³/mol. The van der Waals surface area contributed by atoms with Gasteiger partial charge in [0.1, 0.15) is 6.04 Å². The predicted octanol–water partition coefficient (Wildman–Crippen LogP) is 1.91. The molecule has 1 saturated heterocycles. The van der Waals surface area contributed by atoms with E-state index in [1.807, 2.05) is 11.0 Å². The summed E-state index contributed by atoms with van der Waals surface area (Å²) in [7, 11) is 0. The van der Waals surface area contributed by atoms with Crippen LogP contribution in [0.25, 0.3) is 0 Å². The Labute approximate surface area is 120 Å². The molecule has 0 saturated carbocycles. The molecule has 108 valence electrons. The molecule has 1 atom stereocenters. The first-order valence-electron chi connectivity index (χ1n) is 6.28. The van der Waals surface area contributed by atoms with Crippen molar-refractivity contribution in [1.82, 2.24) is 4.90 Å². The lowest BCUT2D eigenvalue weighted by atomic mass is 10.1. The number of nitro benzene ring substituents is 1. The van der Waals surface area contributed by atoms with Gasteiger partial charge in [0.25, 0.3) is 5.69 Å². The molecule has 7 heteroatoms. The fourth-order valence-electron chi connectivity index (χ4n) is 2.31. The Balaban J connectivity index is 2.22. The highest BCUT2D eigenvalue weighted by Crippen LogP contribution is 2.25. The average Bonchev–Trinajstić information content (AvgIpc) is 2.41. The summed E-state index contributed by atoms with van der Waals surface area (Å²) >= 11 is 1.63. The van der Waals surface area contributed by atoms with Crippen molar-refractivity contribution in [1.29, 1.82) is 0 Å². The van der Waals surface area contributed by atoms with E-state index in [0.717, 1.165) is 11.3 Å². The molecule has 2 rings (SSSR count). The molecule has 0 radical (unpaired) electrons. The van der Waals surface area contributed by atoms with Gasteiger partial charge >= 0.3 is 5.97 Å². The van der Waals surface area contributed by atoms with Gasteiger partial charge in [0, 0.05) is 36.2 Å². The van der Waals surface area contributed by atoms with Crippen LogP contribution in [0.3, 0.4) is 0 Å². The number of aliphatic carboxylic acids is 1. The van der Waals surface area contributed by atoms with Crippen LogP contribution in [0, 0.1) is 17.0 Å². The third-order valence-corrected chi connectivity index (χ3v) is 4.53. The molecule has 6 nitrogen and oxygen atoms in total. The van der Waals surface area contributed by atoms with Gasteiger partial charge in [-0.05, 0) is 12.5 Å². The van der Waals surface area contributed by atoms with Crippen LogP contribution >= 0.6 is 11.8 Å². The van der Waals surface area contributed by atoms with E-state index in [0.29, 0.717) is 24.4 Å². The van der Waals surface area contributed by atoms with Crippen LogP contribution in [0.1, 0.15) is 11.1 Å². The molecule has 0 aromatic heterocycles. The lowest BCUT2D eigenvalue weighted by molar-refractivity contribution is -0.385. The Hall–Kier alpha value is -1.60. The summed E-state index contributed by atoms with van der Waals surface area (Å²) in [4.78, 5) is 23.7. The third kappa shape index (κ3) is 3.10. The van der Waals surface area contributed by atoms with Gasteiger partial charge in [0.2, 0.25) is 0 Å². The Bertz CT molecular complexity index is 535. The van der Waals surface area contributed by atoms with Gasteiger partial charge in [-0.3, -0.25) is 19.8 Å². The molecule has 0 bridgehead atoms. The van der Waals surface area contributed by atoms with Crippen LogP contribution in [0.15, 0.2) is 18.2 Å². The van der Waals surface area contributed by atoms with Gasteiger partial charge in [0.05, 0.1) is 4.92 Å². The molecule has 1 N–H and O–H groups in total. The minimum absolute atomic E-state index is 0.0840. The Morgan fingerprint density at radius 3 is 3.00 bits per heavy atom. The van der Waals surface area contributed by atoms with E-state index in [4.69, 9.17) is 0 Å². The molecule has 1 heterocycles. The second-order valence-corrected chi connectivity index (χ2v) is 5.87. The van der Waals surface area contributed by atoms with Crippen LogP contribution < -0.4 is 0 Å². The van der Waals surface area contributed by atoms with Gasteiger partial charge < -0.3 is 5.11 Å². The maximum atomic E-state index is 11.3. The van der Waals surface area contributed by atoms with Gasteiger partial charge in [-0.15, -0.1) is 0 Å². The molecule has 0 amide bonds. The van der Waals surface area contributed by atoms with Crippen molar-refractivity contribution in [3.8, 4) is 0 Å². The van der Waals surface area contributed by atoms with Crippen molar-refractivity contribution in [2.75, 3.05) is 18.1 Å². The number of thioether (sulfide) groups is 1. The van der Waals surface area contributed by atoms with Crippen molar-refractivity contribution < 1.29 is 14.8 Å². The quantitative estimate of drug-likeness (QED) is 0.675. The number of hydrogen-bond donors (Lipinski definition) is 1.